The summed E-state index contributed by atoms with van der Waals surface area (Å²) in [6, 6.07) is 0. The average molecular weight is 295 g/mol. The smallest absolute Gasteiger partial charge is 0.251 e. The summed E-state index contributed by atoms with van der Waals surface area (Å²) in [5, 5.41) is 4.00. The number of aromatic nitrogens is 5. The van der Waals surface area contributed by atoms with Crippen molar-refractivity contribution in [2.45, 2.75) is 44.6 Å². The molecule has 0 N–H and O–H groups in total. The van der Waals surface area contributed by atoms with E-state index in [0.29, 0.717) is 30.1 Å². The molecule has 1 saturated carbocycles. The zero-order valence-electron chi connectivity index (χ0n) is 11.5. The fourth-order valence-corrected chi connectivity index (χ4v) is 2.48. The van der Waals surface area contributed by atoms with E-state index in [4.69, 9.17) is 4.74 Å². The molecule has 2 aromatic rings. The quantitative estimate of drug-likeness (QED) is 0.869. The van der Waals surface area contributed by atoms with Crippen LogP contribution < -0.4 is 4.74 Å². The van der Waals surface area contributed by atoms with Crippen LogP contribution in [-0.4, -0.2) is 36.8 Å². The second-order valence-electron chi connectivity index (χ2n) is 5.16. The van der Waals surface area contributed by atoms with Gasteiger partial charge in [0, 0.05) is 12.8 Å². The topological polar surface area (TPSA) is 65.7 Å². The first kappa shape index (κ1) is 13.8. The molecule has 1 aliphatic carbocycles. The van der Waals surface area contributed by atoms with Crippen molar-refractivity contribution in [3.05, 3.63) is 24.5 Å². The fourth-order valence-electron chi connectivity index (χ4n) is 2.48. The summed E-state index contributed by atoms with van der Waals surface area (Å²) in [7, 11) is 0. The van der Waals surface area contributed by atoms with E-state index in [-0.39, 0.29) is 12.8 Å². The number of hydrogen-bond donors (Lipinski definition) is 0. The monoisotopic (exact) mass is 295 g/mol. The van der Waals surface area contributed by atoms with Crippen LogP contribution in [0.15, 0.2) is 19.0 Å². The van der Waals surface area contributed by atoms with Crippen LogP contribution in [0, 0.1) is 6.92 Å². The minimum Gasteiger partial charge on any atom is -0.474 e. The molecule has 0 aromatic carbocycles. The molecule has 3 rings (SSSR count). The summed E-state index contributed by atoms with van der Waals surface area (Å²) in [6.45, 7) is 1.77. The van der Waals surface area contributed by atoms with E-state index in [1.54, 1.807) is 6.92 Å². The SMILES string of the molecule is Cc1c(OC2CCCC(F)(F)C2)ncnc1-n1cncn1. The van der Waals surface area contributed by atoms with E-state index in [1.165, 1.54) is 23.7 Å². The Morgan fingerprint density at radius 1 is 1.33 bits per heavy atom. The molecule has 2 aromatic heterocycles. The minimum atomic E-state index is -2.65. The van der Waals surface area contributed by atoms with E-state index >= 15 is 0 Å². The first-order valence-corrected chi connectivity index (χ1v) is 6.76. The van der Waals surface area contributed by atoms with Crippen LogP contribution in [0.3, 0.4) is 0 Å². The molecule has 21 heavy (non-hydrogen) atoms. The molecular formula is C13H15F2N5O. The summed E-state index contributed by atoms with van der Waals surface area (Å²) < 4.78 is 34.0. The zero-order valence-corrected chi connectivity index (χ0v) is 11.5. The van der Waals surface area contributed by atoms with Crippen molar-refractivity contribution in [3.8, 4) is 11.7 Å². The van der Waals surface area contributed by atoms with E-state index in [0.717, 1.165) is 0 Å². The van der Waals surface area contributed by atoms with Crippen LogP contribution in [0.1, 0.15) is 31.2 Å². The third kappa shape index (κ3) is 2.98. The Bertz CT molecular complexity index is 617. The number of halogens is 2. The van der Waals surface area contributed by atoms with Crippen molar-refractivity contribution in [1.82, 2.24) is 24.7 Å². The predicted octanol–water partition coefficient (Wildman–Crippen LogP) is 2.32. The minimum absolute atomic E-state index is 0.0696. The molecule has 0 bridgehead atoms. The molecule has 1 atom stereocenters. The Kier molecular flexibility index (Phi) is 3.52. The van der Waals surface area contributed by atoms with Gasteiger partial charge in [-0.3, -0.25) is 0 Å². The van der Waals surface area contributed by atoms with E-state index in [1.807, 2.05) is 0 Å². The van der Waals surface area contributed by atoms with Crippen molar-refractivity contribution in [2.75, 3.05) is 0 Å². The van der Waals surface area contributed by atoms with Gasteiger partial charge in [0.05, 0.1) is 5.56 Å². The van der Waals surface area contributed by atoms with Crippen LogP contribution in [0.2, 0.25) is 0 Å². The summed E-state index contributed by atoms with van der Waals surface area (Å²) >= 11 is 0. The molecule has 0 amide bonds. The summed E-state index contributed by atoms with van der Waals surface area (Å²) in [4.78, 5) is 12.0. The van der Waals surface area contributed by atoms with Gasteiger partial charge in [0.2, 0.25) is 5.88 Å². The van der Waals surface area contributed by atoms with Gasteiger partial charge in [-0.1, -0.05) is 0 Å². The lowest BCUT2D eigenvalue weighted by molar-refractivity contribution is -0.0704. The third-order valence-corrected chi connectivity index (χ3v) is 3.52. The Hall–Kier alpha value is -2.12. The van der Waals surface area contributed by atoms with Crippen LogP contribution in [0.25, 0.3) is 5.82 Å². The van der Waals surface area contributed by atoms with Crippen molar-refractivity contribution >= 4 is 0 Å². The molecule has 8 heteroatoms. The molecule has 2 heterocycles. The van der Waals surface area contributed by atoms with Crippen LogP contribution in [0.5, 0.6) is 5.88 Å². The van der Waals surface area contributed by atoms with Crippen molar-refractivity contribution in [3.63, 3.8) is 0 Å². The second kappa shape index (κ2) is 5.34. The molecule has 1 unspecified atom stereocenters. The second-order valence-corrected chi connectivity index (χ2v) is 5.16. The van der Waals surface area contributed by atoms with Crippen LogP contribution >= 0.6 is 0 Å². The molecular weight excluding hydrogens is 280 g/mol. The van der Waals surface area contributed by atoms with Gasteiger partial charge in [-0.25, -0.2) is 28.4 Å². The summed E-state index contributed by atoms with van der Waals surface area (Å²) in [5.74, 6) is -1.81. The van der Waals surface area contributed by atoms with E-state index in [9.17, 15) is 8.78 Å². The van der Waals surface area contributed by atoms with Gasteiger partial charge >= 0.3 is 0 Å². The number of alkyl halides is 2. The maximum atomic E-state index is 13.4. The van der Waals surface area contributed by atoms with E-state index < -0.39 is 12.0 Å². The van der Waals surface area contributed by atoms with E-state index in [2.05, 4.69) is 20.1 Å². The molecule has 0 radical (unpaired) electrons. The highest BCUT2D eigenvalue weighted by Gasteiger charge is 2.37. The highest BCUT2D eigenvalue weighted by molar-refractivity contribution is 5.37. The predicted molar refractivity (Wildman–Crippen MR) is 69.5 cm³/mol. The maximum absolute atomic E-state index is 13.4. The molecule has 112 valence electrons. The molecule has 6 nitrogen and oxygen atoms in total. The van der Waals surface area contributed by atoms with Gasteiger partial charge in [0.1, 0.15) is 25.1 Å². The number of ether oxygens (including phenoxy) is 1. The Balaban J connectivity index is 1.82. The maximum Gasteiger partial charge on any atom is 0.251 e. The number of nitrogens with zero attached hydrogens (tertiary/aromatic N) is 5. The highest BCUT2D eigenvalue weighted by Crippen LogP contribution is 2.35. The Labute approximate surface area is 120 Å². The zero-order chi connectivity index (χ0) is 14.9. The lowest BCUT2D eigenvalue weighted by Crippen LogP contribution is -2.33. The standard InChI is InChI=1S/C13H15F2N5O/c1-9-11(20-8-16-6-19-20)17-7-18-12(9)21-10-3-2-4-13(14,15)5-10/h6-8,10H,2-5H2,1H3. The van der Waals surface area contributed by atoms with Gasteiger partial charge in [-0.2, -0.15) is 5.10 Å². The van der Waals surface area contributed by atoms with Gasteiger partial charge in [-0.05, 0) is 19.8 Å². The highest BCUT2D eigenvalue weighted by atomic mass is 19.3. The Morgan fingerprint density at radius 2 is 2.19 bits per heavy atom. The summed E-state index contributed by atoms with van der Waals surface area (Å²) in [5.41, 5.74) is 0.650. The lowest BCUT2D eigenvalue weighted by atomic mass is 9.94. The molecule has 1 aliphatic rings. The van der Waals surface area contributed by atoms with Gasteiger partial charge in [-0.15, -0.1) is 0 Å². The number of hydrogen-bond acceptors (Lipinski definition) is 5. The molecule has 0 saturated heterocycles. The molecule has 1 fully saturated rings. The van der Waals surface area contributed by atoms with Gasteiger partial charge < -0.3 is 4.74 Å². The largest absolute Gasteiger partial charge is 0.474 e. The molecule has 0 aliphatic heterocycles. The number of rotatable bonds is 3. The van der Waals surface area contributed by atoms with Crippen LogP contribution in [0.4, 0.5) is 8.78 Å². The summed E-state index contributed by atoms with van der Waals surface area (Å²) in [6.07, 6.45) is 4.44. The fraction of sp³-hybridized carbons (Fsp3) is 0.538. The molecule has 0 spiro atoms. The Morgan fingerprint density at radius 3 is 2.90 bits per heavy atom. The van der Waals surface area contributed by atoms with Crippen molar-refractivity contribution in [2.24, 2.45) is 0 Å². The normalized spacial score (nSPS) is 21.2. The van der Waals surface area contributed by atoms with Crippen molar-refractivity contribution in [1.29, 1.82) is 0 Å². The third-order valence-electron chi connectivity index (χ3n) is 3.52. The van der Waals surface area contributed by atoms with Crippen molar-refractivity contribution < 1.29 is 13.5 Å². The lowest BCUT2D eigenvalue weighted by Gasteiger charge is -2.29. The van der Waals surface area contributed by atoms with Gasteiger partial charge in [0.15, 0.2) is 5.82 Å². The first-order valence-electron chi connectivity index (χ1n) is 6.76. The van der Waals surface area contributed by atoms with Crippen LogP contribution in [-0.2, 0) is 0 Å². The van der Waals surface area contributed by atoms with Gasteiger partial charge in [0.25, 0.3) is 5.92 Å². The average Bonchev–Trinajstić information content (AvgIpc) is 2.94. The first-order chi connectivity index (χ1) is 10.1.